The fourth-order valence-electron chi connectivity index (χ4n) is 1.88. The van der Waals surface area contributed by atoms with E-state index in [0.29, 0.717) is 22.7 Å². The predicted molar refractivity (Wildman–Crippen MR) is 89.3 cm³/mol. The second-order valence-corrected chi connectivity index (χ2v) is 5.62. The number of halogens is 1. The van der Waals surface area contributed by atoms with Crippen LogP contribution in [0.5, 0.6) is 0 Å². The molecule has 0 aliphatic heterocycles. The molecule has 0 unspecified atom stereocenters. The van der Waals surface area contributed by atoms with Crippen LogP contribution in [0.25, 0.3) is 0 Å². The average molecular weight is 313 g/mol. The molecule has 1 amide bonds. The molecule has 0 spiro atoms. The largest absolute Gasteiger partial charge is 0.389 e. The van der Waals surface area contributed by atoms with Crippen LogP contribution in [0.4, 0.5) is 5.69 Å². The van der Waals surface area contributed by atoms with Gasteiger partial charge in [0.15, 0.2) is 0 Å². The van der Waals surface area contributed by atoms with Crippen LogP contribution in [0.3, 0.4) is 0 Å². The molecule has 0 saturated carbocycles. The molecule has 1 aromatic carbocycles. The van der Waals surface area contributed by atoms with E-state index in [0.717, 1.165) is 12.8 Å². The van der Waals surface area contributed by atoms with Crippen LogP contribution in [-0.4, -0.2) is 10.9 Å². The molecular weight excluding hydrogens is 292 g/mol. The smallest absolute Gasteiger partial charge is 0.224 e. The molecule has 0 bridgehead atoms. The summed E-state index contributed by atoms with van der Waals surface area (Å²) in [6.45, 7) is 2.17. The number of hydrogen-bond acceptors (Lipinski definition) is 2. The van der Waals surface area contributed by atoms with Gasteiger partial charge in [0.25, 0.3) is 0 Å². The van der Waals surface area contributed by atoms with Gasteiger partial charge in [0.05, 0.1) is 10.7 Å². The minimum absolute atomic E-state index is 0.0245. The molecule has 0 aromatic heterocycles. The third kappa shape index (κ3) is 5.88. The van der Waals surface area contributed by atoms with Crippen LogP contribution < -0.4 is 11.1 Å². The molecule has 5 heteroatoms. The lowest BCUT2D eigenvalue weighted by Crippen LogP contribution is -2.14. The molecular formula is C15H21ClN2OS. The lowest BCUT2D eigenvalue weighted by atomic mass is 10.1. The molecule has 0 heterocycles. The van der Waals surface area contributed by atoms with E-state index < -0.39 is 0 Å². The Morgan fingerprint density at radius 3 is 2.65 bits per heavy atom. The highest BCUT2D eigenvalue weighted by Gasteiger charge is 2.07. The maximum absolute atomic E-state index is 11.8. The summed E-state index contributed by atoms with van der Waals surface area (Å²) in [5.74, 6) is -0.0245. The van der Waals surface area contributed by atoms with Crippen LogP contribution in [0, 0.1) is 0 Å². The molecule has 3 nitrogen and oxygen atoms in total. The van der Waals surface area contributed by atoms with Gasteiger partial charge in [-0.1, -0.05) is 62.5 Å². The third-order valence-corrected chi connectivity index (χ3v) is 3.60. The van der Waals surface area contributed by atoms with Gasteiger partial charge < -0.3 is 11.1 Å². The lowest BCUT2D eigenvalue weighted by molar-refractivity contribution is -0.116. The molecule has 0 atom stereocenters. The first-order valence-electron chi connectivity index (χ1n) is 6.93. The van der Waals surface area contributed by atoms with Gasteiger partial charge in [-0.15, -0.1) is 0 Å². The number of carbonyl (C=O) groups excluding carboxylic acids is 1. The fraction of sp³-hybridized carbons (Fsp3) is 0.467. The number of amides is 1. The molecule has 3 N–H and O–H groups in total. The first-order chi connectivity index (χ1) is 9.54. The number of nitrogens with one attached hydrogen (secondary N) is 1. The van der Waals surface area contributed by atoms with Gasteiger partial charge in [0.2, 0.25) is 5.91 Å². The second kappa shape index (κ2) is 8.93. The van der Waals surface area contributed by atoms with Crippen molar-refractivity contribution in [1.82, 2.24) is 0 Å². The van der Waals surface area contributed by atoms with Gasteiger partial charge in [0, 0.05) is 12.0 Å². The van der Waals surface area contributed by atoms with E-state index in [-0.39, 0.29) is 10.9 Å². The van der Waals surface area contributed by atoms with Crippen molar-refractivity contribution in [3.63, 3.8) is 0 Å². The number of thiocarbonyl (C=S) groups is 1. The summed E-state index contributed by atoms with van der Waals surface area (Å²) in [4.78, 5) is 12.1. The first-order valence-corrected chi connectivity index (χ1v) is 7.72. The van der Waals surface area contributed by atoms with Gasteiger partial charge in [0.1, 0.15) is 4.99 Å². The normalized spacial score (nSPS) is 10.3. The maximum atomic E-state index is 11.8. The van der Waals surface area contributed by atoms with Crippen molar-refractivity contribution < 1.29 is 4.79 Å². The van der Waals surface area contributed by atoms with E-state index in [4.69, 9.17) is 29.6 Å². The summed E-state index contributed by atoms with van der Waals surface area (Å²) in [6.07, 6.45) is 6.11. The number of rotatable bonds is 8. The molecule has 0 radical (unpaired) electrons. The van der Waals surface area contributed by atoms with Crippen LogP contribution in [-0.2, 0) is 4.79 Å². The Morgan fingerprint density at radius 1 is 1.30 bits per heavy atom. The summed E-state index contributed by atoms with van der Waals surface area (Å²) in [5, 5.41) is 3.30. The number of nitrogens with two attached hydrogens (primary N) is 1. The summed E-state index contributed by atoms with van der Waals surface area (Å²) in [7, 11) is 0. The van der Waals surface area contributed by atoms with Crippen molar-refractivity contribution in [2.45, 2.75) is 45.4 Å². The minimum Gasteiger partial charge on any atom is -0.389 e. The van der Waals surface area contributed by atoms with Gasteiger partial charge in [-0.2, -0.15) is 0 Å². The quantitative estimate of drug-likeness (QED) is 0.556. The van der Waals surface area contributed by atoms with E-state index in [2.05, 4.69) is 12.2 Å². The highest BCUT2D eigenvalue weighted by atomic mass is 35.5. The van der Waals surface area contributed by atoms with Crippen molar-refractivity contribution in [3.05, 3.63) is 28.8 Å². The third-order valence-electron chi connectivity index (χ3n) is 3.03. The Balaban J connectivity index is 2.49. The number of carbonyl (C=O) groups is 1. The first kappa shape index (κ1) is 16.9. The van der Waals surface area contributed by atoms with Gasteiger partial charge in [-0.3, -0.25) is 4.79 Å². The van der Waals surface area contributed by atoms with Crippen molar-refractivity contribution >= 4 is 40.4 Å². The minimum atomic E-state index is -0.0245. The summed E-state index contributed by atoms with van der Waals surface area (Å²) in [6, 6.07) is 5.14. The van der Waals surface area contributed by atoms with E-state index >= 15 is 0 Å². The molecule has 0 aliphatic rings. The fourth-order valence-corrected chi connectivity index (χ4v) is 2.17. The van der Waals surface area contributed by atoms with E-state index in [9.17, 15) is 4.79 Å². The van der Waals surface area contributed by atoms with Crippen molar-refractivity contribution in [1.29, 1.82) is 0 Å². The van der Waals surface area contributed by atoms with Crippen LogP contribution in [0.2, 0.25) is 5.02 Å². The number of hydrogen-bond donors (Lipinski definition) is 2. The zero-order chi connectivity index (χ0) is 15.0. The zero-order valence-corrected chi connectivity index (χ0v) is 13.3. The van der Waals surface area contributed by atoms with Crippen molar-refractivity contribution in [2.75, 3.05) is 5.32 Å². The standard InChI is InChI=1S/C15H21ClN2OS/c1-2-3-4-5-6-7-14(19)18-13-10-11(15(17)20)8-9-12(13)16/h8-10H,2-7H2,1H3,(H2,17,20)(H,18,19). The second-order valence-electron chi connectivity index (χ2n) is 4.77. The molecule has 0 aliphatic carbocycles. The lowest BCUT2D eigenvalue weighted by Gasteiger charge is -2.09. The Kier molecular flexibility index (Phi) is 7.55. The number of benzene rings is 1. The highest BCUT2D eigenvalue weighted by Crippen LogP contribution is 2.23. The zero-order valence-electron chi connectivity index (χ0n) is 11.7. The van der Waals surface area contributed by atoms with Crippen molar-refractivity contribution in [3.8, 4) is 0 Å². The summed E-state index contributed by atoms with van der Waals surface area (Å²) < 4.78 is 0. The summed E-state index contributed by atoms with van der Waals surface area (Å²) in [5.41, 5.74) is 6.83. The van der Waals surface area contributed by atoms with Crippen molar-refractivity contribution in [2.24, 2.45) is 5.73 Å². The van der Waals surface area contributed by atoms with Crippen LogP contribution in [0.1, 0.15) is 51.0 Å². The Bertz CT molecular complexity index is 477. The van der Waals surface area contributed by atoms with Gasteiger partial charge >= 0.3 is 0 Å². The SMILES string of the molecule is CCCCCCCC(=O)Nc1cc(C(N)=S)ccc1Cl. The molecule has 0 fully saturated rings. The van der Waals surface area contributed by atoms with E-state index in [1.54, 1.807) is 18.2 Å². The maximum Gasteiger partial charge on any atom is 0.224 e. The Hall–Kier alpha value is -1.13. The molecule has 1 aromatic rings. The van der Waals surface area contributed by atoms with E-state index in [1.165, 1.54) is 19.3 Å². The summed E-state index contributed by atoms with van der Waals surface area (Å²) >= 11 is 11.0. The molecule has 0 saturated heterocycles. The Morgan fingerprint density at radius 2 is 2.00 bits per heavy atom. The highest BCUT2D eigenvalue weighted by molar-refractivity contribution is 7.80. The molecule has 110 valence electrons. The monoisotopic (exact) mass is 312 g/mol. The van der Waals surface area contributed by atoms with Crippen LogP contribution in [0.15, 0.2) is 18.2 Å². The number of unbranched alkanes of at least 4 members (excludes halogenated alkanes) is 4. The molecule has 1 rings (SSSR count). The van der Waals surface area contributed by atoms with Gasteiger partial charge in [-0.05, 0) is 18.6 Å². The Labute approximate surface area is 130 Å². The van der Waals surface area contributed by atoms with E-state index in [1.807, 2.05) is 0 Å². The molecule has 20 heavy (non-hydrogen) atoms. The number of anilines is 1. The average Bonchev–Trinajstić information content (AvgIpc) is 2.40. The van der Waals surface area contributed by atoms with Crippen LogP contribution >= 0.6 is 23.8 Å². The van der Waals surface area contributed by atoms with Gasteiger partial charge in [-0.25, -0.2) is 0 Å². The predicted octanol–water partition coefficient (Wildman–Crippen LogP) is 4.27. The topological polar surface area (TPSA) is 55.1 Å².